The number of halogens is 3. The van der Waals surface area contributed by atoms with E-state index in [4.69, 9.17) is 16.3 Å². The highest BCUT2D eigenvalue weighted by Gasteiger charge is 2.45. The van der Waals surface area contributed by atoms with Crippen LogP contribution in [0.2, 0.25) is 5.02 Å². The Bertz CT molecular complexity index is 978. The first kappa shape index (κ1) is 20.5. The fraction of sp³-hybridized carbons (Fsp3) is 0.316. The van der Waals surface area contributed by atoms with E-state index < -0.39 is 44.5 Å². The number of carboxylic acids is 1. The number of ether oxygens (including phenoxy) is 1. The van der Waals surface area contributed by atoms with Crippen LogP contribution >= 0.6 is 11.6 Å². The van der Waals surface area contributed by atoms with E-state index in [-0.39, 0.29) is 29.4 Å². The molecule has 0 radical (unpaired) electrons. The first-order valence-electron chi connectivity index (χ1n) is 8.48. The van der Waals surface area contributed by atoms with Gasteiger partial charge in [-0.15, -0.1) is 0 Å². The van der Waals surface area contributed by atoms with E-state index >= 15 is 0 Å². The van der Waals surface area contributed by atoms with Crippen molar-refractivity contribution in [2.75, 3.05) is 6.61 Å². The predicted octanol–water partition coefficient (Wildman–Crippen LogP) is 3.95. The van der Waals surface area contributed by atoms with Crippen LogP contribution in [0.4, 0.5) is 8.78 Å². The molecule has 0 bridgehead atoms. The van der Waals surface area contributed by atoms with Crippen LogP contribution < -0.4 is 4.74 Å². The Hall–Kier alpha value is -2.19. The molecule has 1 aliphatic rings. The molecule has 0 amide bonds. The molecule has 1 fully saturated rings. The van der Waals surface area contributed by atoms with Crippen molar-refractivity contribution in [3.05, 3.63) is 59.1 Å². The smallest absolute Gasteiger partial charge is 0.306 e. The lowest BCUT2D eigenvalue weighted by Crippen LogP contribution is -2.23. The average Bonchev–Trinajstić information content (AvgIpc) is 3.06. The molecule has 0 heterocycles. The van der Waals surface area contributed by atoms with Crippen LogP contribution in [-0.2, 0) is 14.6 Å². The van der Waals surface area contributed by atoms with Crippen molar-refractivity contribution in [1.29, 1.82) is 0 Å². The van der Waals surface area contributed by atoms with Crippen LogP contribution in [0.1, 0.15) is 12.8 Å². The van der Waals surface area contributed by atoms with Gasteiger partial charge in [0.25, 0.3) is 0 Å². The lowest BCUT2D eigenvalue weighted by atomic mass is 9.97. The van der Waals surface area contributed by atoms with Gasteiger partial charge in [-0.25, -0.2) is 17.2 Å². The number of benzene rings is 2. The standard InChI is InChI=1S/C19H17ClF2O5S/c20-17-8-13(22)3-6-18(17)28(25,26)15-7-11(16(9-15)19(23)24)10-27-14-4-1-12(21)2-5-14/h1-6,8,11,15-16H,7,9-10H2,(H,23,24)/t11-,15+,16+/m0/s1. The summed E-state index contributed by atoms with van der Waals surface area (Å²) in [6, 6.07) is 8.24. The van der Waals surface area contributed by atoms with E-state index in [1.54, 1.807) is 0 Å². The number of hydrogen-bond donors (Lipinski definition) is 1. The SMILES string of the molecule is O=C(O)[C@@H]1C[C@H](S(=O)(=O)c2ccc(F)cc2Cl)C[C@H]1COc1ccc(F)cc1. The van der Waals surface area contributed by atoms with Gasteiger partial charge in [0.15, 0.2) is 9.84 Å². The molecule has 0 aliphatic heterocycles. The number of sulfone groups is 1. The minimum Gasteiger partial charge on any atom is -0.493 e. The van der Waals surface area contributed by atoms with E-state index in [1.807, 2.05) is 0 Å². The first-order chi connectivity index (χ1) is 13.2. The van der Waals surface area contributed by atoms with Gasteiger partial charge in [-0.2, -0.15) is 0 Å². The maximum atomic E-state index is 13.2. The van der Waals surface area contributed by atoms with Crippen molar-refractivity contribution in [3.63, 3.8) is 0 Å². The Labute approximate surface area is 165 Å². The monoisotopic (exact) mass is 430 g/mol. The van der Waals surface area contributed by atoms with Crippen molar-refractivity contribution in [3.8, 4) is 5.75 Å². The third-order valence-electron chi connectivity index (χ3n) is 4.89. The summed E-state index contributed by atoms with van der Waals surface area (Å²) in [4.78, 5) is 11.4. The van der Waals surface area contributed by atoms with Gasteiger partial charge in [-0.05, 0) is 55.3 Å². The van der Waals surface area contributed by atoms with Crippen molar-refractivity contribution >= 4 is 27.4 Å². The van der Waals surface area contributed by atoms with Gasteiger partial charge < -0.3 is 9.84 Å². The molecule has 0 saturated heterocycles. The molecule has 9 heteroatoms. The molecule has 1 aliphatic carbocycles. The second-order valence-corrected chi connectivity index (χ2v) is 9.29. The summed E-state index contributed by atoms with van der Waals surface area (Å²) in [5, 5.41) is 8.27. The molecule has 2 aromatic rings. The molecule has 28 heavy (non-hydrogen) atoms. The summed E-state index contributed by atoms with van der Waals surface area (Å²) in [6.45, 7) is -0.0221. The molecule has 1 N–H and O–H groups in total. The fourth-order valence-electron chi connectivity index (χ4n) is 3.43. The molecular weight excluding hydrogens is 414 g/mol. The Kier molecular flexibility index (Phi) is 5.90. The summed E-state index contributed by atoms with van der Waals surface area (Å²) >= 11 is 5.89. The molecule has 0 aromatic heterocycles. The number of carboxylic acid groups (broad SMARTS) is 1. The average molecular weight is 431 g/mol. The molecule has 2 aromatic carbocycles. The lowest BCUT2D eigenvalue weighted by molar-refractivity contribution is -0.143. The van der Waals surface area contributed by atoms with Crippen molar-refractivity contribution in [2.45, 2.75) is 23.0 Å². The molecule has 3 rings (SSSR count). The first-order valence-corrected chi connectivity index (χ1v) is 10.4. The van der Waals surface area contributed by atoms with Gasteiger partial charge in [0.1, 0.15) is 17.4 Å². The van der Waals surface area contributed by atoms with Crippen LogP contribution in [0, 0.1) is 23.5 Å². The van der Waals surface area contributed by atoms with Crippen LogP contribution in [0.5, 0.6) is 5.75 Å². The minimum atomic E-state index is -3.94. The Morgan fingerprint density at radius 3 is 2.36 bits per heavy atom. The third-order valence-corrected chi connectivity index (χ3v) is 7.54. The molecule has 1 saturated carbocycles. The lowest BCUT2D eigenvalue weighted by Gasteiger charge is -2.16. The van der Waals surface area contributed by atoms with Gasteiger partial charge in [-0.3, -0.25) is 4.79 Å². The topological polar surface area (TPSA) is 80.7 Å². The van der Waals surface area contributed by atoms with Gasteiger partial charge in [0.2, 0.25) is 0 Å². The predicted molar refractivity (Wildman–Crippen MR) is 98.1 cm³/mol. The van der Waals surface area contributed by atoms with Crippen LogP contribution in [-0.4, -0.2) is 31.4 Å². The molecule has 150 valence electrons. The van der Waals surface area contributed by atoms with Crippen molar-refractivity contribution in [1.82, 2.24) is 0 Å². The van der Waals surface area contributed by atoms with Crippen molar-refractivity contribution in [2.24, 2.45) is 11.8 Å². The van der Waals surface area contributed by atoms with Gasteiger partial charge in [-0.1, -0.05) is 11.6 Å². The van der Waals surface area contributed by atoms with Gasteiger partial charge >= 0.3 is 5.97 Å². The second-order valence-electron chi connectivity index (χ2n) is 6.68. The van der Waals surface area contributed by atoms with Gasteiger partial charge in [0.05, 0.1) is 27.7 Å². The van der Waals surface area contributed by atoms with E-state index in [1.165, 1.54) is 24.3 Å². The zero-order chi connectivity index (χ0) is 20.5. The second kappa shape index (κ2) is 8.05. The largest absolute Gasteiger partial charge is 0.493 e. The van der Waals surface area contributed by atoms with Crippen LogP contribution in [0.15, 0.2) is 47.4 Å². The zero-order valence-corrected chi connectivity index (χ0v) is 16.1. The number of rotatable bonds is 6. The summed E-state index contributed by atoms with van der Waals surface area (Å²) in [7, 11) is -3.94. The summed E-state index contributed by atoms with van der Waals surface area (Å²) < 4.78 is 57.5. The molecule has 0 unspecified atom stereocenters. The number of aliphatic carboxylic acids is 1. The number of carbonyl (C=O) groups is 1. The van der Waals surface area contributed by atoms with E-state index in [0.717, 1.165) is 18.2 Å². The van der Waals surface area contributed by atoms with Crippen LogP contribution in [0.25, 0.3) is 0 Å². The number of hydrogen-bond acceptors (Lipinski definition) is 4. The van der Waals surface area contributed by atoms with Crippen molar-refractivity contribution < 1.29 is 31.8 Å². The maximum Gasteiger partial charge on any atom is 0.306 e. The fourth-order valence-corrected chi connectivity index (χ4v) is 5.83. The minimum absolute atomic E-state index is 0.0221. The zero-order valence-electron chi connectivity index (χ0n) is 14.5. The third kappa shape index (κ3) is 4.28. The summed E-state index contributed by atoms with van der Waals surface area (Å²) in [5.41, 5.74) is 0. The maximum absolute atomic E-state index is 13.2. The van der Waals surface area contributed by atoms with E-state index in [9.17, 15) is 27.1 Å². The van der Waals surface area contributed by atoms with Crippen LogP contribution in [0.3, 0.4) is 0 Å². The Morgan fingerprint density at radius 2 is 1.75 bits per heavy atom. The summed E-state index contributed by atoms with van der Waals surface area (Å²) in [5.74, 6) is -3.32. The quantitative estimate of drug-likeness (QED) is 0.702. The Morgan fingerprint density at radius 1 is 1.11 bits per heavy atom. The molecule has 0 spiro atoms. The molecule has 5 nitrogen and oxygen atoms in total. The normalized spacial score (nSPS) is 22.2. The molecular formula is C19H17ClF2O5S. The summed E-state index contributed by atoms with van der Waals surface area (Å²) in [6.07, 6.45) is -0.0307. The highest BCUT2D eigenvalue weighted by molar-refractivity contribution is 7.92. The highest BCUT2D eigenvalue weighted by atomic mass is 35.5. The van der Waals surface area contributed by atoms with E-state index in [2.05, 4.69) is 0 Å². The molecule has 3 atom stereocenters. The van der Waals surface area contributed by atoms with Gasteiger partial charge in [0, 0.05) is 5.92 Å². The highest BCUT2D eigenvalue weighted by Crippen LogP contribution is 2.40. The Balaban J connectivity index is 1.78. The van der Waals surface area contributed by atoms with E-state index in [0.29, 0.717) is 5.75 Å².